The van der Waals surface area contributed by atoms with Gasteiger partial charge in [-0.15, -0.1) is 0 Å². The molecule has 0 aliphatic carbocycles. The molecule has 4 aromatic carbocycles. The zero-order chi connectivity index (χ0) is 20.8. The normalized spacial score (nSPS) is 12.3. The zero-order valence-electron chi connectivity index (χ0n) is 17.3. The van der Waals surface area contributed by atoms with Gasteiger partial charge in [0.05, 0.1) is 0 Å². The molecule has 0 spiro atoms. The summed E-state index contributed by atoms with van der Waals surface area (Å²) >= 11 is 1.84. The largest absolute Gasteiger partial charge is 0.271 e. The predicted molar refractivity (Wildman–Crippen MR) is 132 cm³/mol. The molecule has 0 aliphatic heterocycles. The molecule has 150 valence electrons. The summed E-state index contributed by atoms with van der Waals surface area (Å²) in [4.78, 5) is 2.59. The summed E-state index contributed by atoms with van der Waals surface area (Å²) in [5.74, 6) is 0. The van der Waals surface area contributed by atoms with Gasteiger partial charge in [-0.2, -0.15) is 0 Å². The lowest BCUT2D eigenvalue weighted by atomic mass is 10.1. The van der Waals surface area contributed by atoms with Gasteiger partial charge in [-0.3, -0.25) is 4.67 Å². The van der Waals surface area contributed by atoms with Crippen molar-refractivity contribution in [1.82, 2.24) is 4.67 Å². The van der Waals surface area contributed by atoms with Crippen LogP contribution in [0.5, 0.6) is 0 Å². The topological polar surface area (TPSA) is 3.24 Å². The van der Waals surface area contributed by atoms with E-state index in [1.165, 1.54) is 26.0 Å². The molecule has 0 aromatic heterocycles. The highest BCUT2D eigenvalue weighted by Gasteiger charge is 2.25. The van der Waals surface area contributed by atoms with Gasteiger partial charge in [0, 0.05) is 23.9 Å². The van der Waals surface area contributed by atoms with Crippen LogP contribution in [0.4, 0.5) is 0 Å². The van der Waals surface area contributed by atoms with Gasteiger partial charge in [-0.25, -0.2) is 0 Å². The highest BCUT2D eigenvalue weighted by molar-refractivity contribution is 7.99. The fourth-order valence-corrected chi connectivity index (χ4v) is 7.02. The quantitative estimate of drug-likeness (QED) is 0.296. The van der Waals surface area contributed by atoms with Crippen molar-refractivity contribution < 1.29 is 0 Å². The standard InChI is InChI=1S/C27H26NPS/c1-22(26-20-12-13-21-27(26)30-25-18-10-5-11-19-25)28(2)29(23-14-6-3-7-15-23)24-16-8-4-9-17-24/h3-22H,1-2H3/t22-/m0/s1. The molecule has 3 heteroatoms. The van der Waals surface area contributed by atoms with Crippen LogP contribution in [0.1, 0.15) is 18.5 Å². The number of nitrogens with zero attached hydrogens (tertiary/aromatic N) is 1. The van der Waals surface area contributed by atoms with E-state index in [1.807, 2.05) is 11.8 Å². The summed E-state index contributed by atoms with van der Waals surface area (Å²) in [6.45, 7) is 2.33. The molecule has 4 rings (SSSR count). The highest BCUT2D eigenvalue weighted by Crippen LogP contribution is 2.45. The van der Waals surface area contributed by atoms with Gasteiger partial charge in [0.15, 0.2) is 0 Å². The molecule has 0 bridgehead atoms. The van der Waals surface area contributed by atoms with Crippen LogP contribution in [-0.2, 0) is 0 Å². The van der Waals surface area contributed by atoms with Crippen LogP contribution in [0.25, 0.3) is 0 Å². The summed E-state index contributed by atoms with van der Waals surface area (Å²) in [6, 6.07) is 41.5. The molecule has 1 atom stereocenters. The maximum atomic E-state index is 2.55. The van der Waals surface area contributed by atoms with Gasteiger partial charge in [0.25, 0.3) is 0 Å². The highest BCUT2D eigenvalue weighted by atomic mass is 32.2. The molecule has 4 aromatic rings. The van der Waals surface area contributed by atoms with E-state index in [0.717, 1.165) is 0 Å². The third-order valence-corrected chi connectivity index (χ3v) is 8.87. The molecule has 0 radical (unpaired) electrons. The lowest BCUT2D eigenvalue weighted by Crippen LogP contribution is -2.28. The molecule has 0 fully saturated rings. The van der Waals surface area contributed by atoms with Crippen molar-refractivity contribution in [2.45, 2.75) is 22.8 Å². The van der Waals surface area contributed by atoms with E-state index < -0.39 is 8.07 Å². The monoisotopic (exact) mass is 427 g/mol. The van der Waals surface area contributed by atoms with Crippen LogP contribution < -0.4 is 10.6 Å². The lowest BCUT2D eigenvalue weighted by Gasteiger charge is -2.34. The smallest absolute Gasteiger partial charge is 0.0370 e. The Morgan fingerprint density at radius 3 is 1.67 bits per heavy atom. The fourth-order valence-electron chi connectivity index (χ4n) is 3.56. The summed E-state index contributed by atoms with van der Waals surface area (Å²) < 4.78 is 2.55. The van der Waals surface area contributed by atoms with E-state index in [0.29, 0.717) is 0 Å². The predicted octanol–water partition coefficient (Wildman–Crippen LogP) is 6.88. The van der Waals surface area contributed by atoms with Gasteiger partial charge >= 0.3 is 0 Å². The minimum atomic E-state index is -0.623. The van der Waals surface area contributed by atoms with E-state index in [-0.39, 0.29) is 6.04 Å². The first-order valence-electron chi connectivity index (χ1n) is 10.2. The molecule has 0 heterocycles. The van der Waals surface area contributed by atoms with Gasteiger partial charge in [-0.05, 0) is 48.3 Å². The van der Waals surface area contributed by atoms with E-state index in [4.69, 9.17) is 0 Å². The van der Waals surface area contributed by atoms with E-state index in [9.17, 15) is 0 Å². The van der Waals surface area contributed by atoms with Crippen LogP contribution in [0.15, 0.2) is 125 Å². The Morgan fingerprint density at radius 1 is 0.633 bits per heavy atom. The van der Waals surface area contributed by atoms with Crippen LogP contribution in [0, 0.1) is 0 Å². The molecular formula is C27H26NPS. The van der Waals surface area contributed by atoms with Crippen molar-refractivity contribution in [3.8, 4) is 0 Å². The van der Waals surface area contributed by atoms with Crippen LogP contribution in [0.2, 0.25) is 0 Å². The average molecular weight is 428 g/mol. The Balaban J connectivity index is 1.69. The van der Waals surface area contributed by atoms with Crippen molar-refractivity contribution in [3.05, 3.63) is 121 Å². The Labute approximate surface area is 185 Å². The summed E-state index contributed by atoms with van der Waals surface area (Å²) in [5, 5.41) is 2.75. The fraction of sp³-hybridized carbons (Fsp3) is 0.111. The molecule has 0 unspecified atom stereocenters. The van der Waals surface area contributed by atoms with Crippen molar-refractivity contribution in [2.75, 3.05) is 7.05 Å². The molecular weight excluding hydrogens is 401 g/mol. The molecule has 1 nitrogen and oxygen atoms in total. The molecule has 0 aliphatic rings. The Bertz CT molecular complexity index is 1010. The molecule has 0 amide bonds. The summed E-state index contributed by atoms with van der Waals surface area (Å²) in [7, 11) is 1.64. The molecule has 0 saturated heterocycles. The van der Waals surface area contributed by atoms with Crippen molar-refractivity contribution in [1.29, 1.82) is 0 Å². The minimum Gasteiger partial charge on any atom is -0.271 e. The SMILES string of the molecule is C[C@@H](c1ccccc1Sc1ccccc1)N(C)P(c1ccccc1)c1ccccc1. The maximum Gasteiger partial charge on any atom is 0.0370 e. The zero-order valence-corrected chi connectivity index (χ0v) is 19.1. The van der Waals surface area contributed by atoms with Crippen molar-refractivity contribution in [2.24, 2.45) is 0 Å². The Kier molecular flexibility index (Phi) is 7.02. The maximum absolute atomic E-state index is 2.55. The van der Waals surface area contributed by atoms with Crippen LogP contribution in [-0.4, -0.2) is 11.7 Å². The van der Waals surface area contributed by atoms with Crippen LogP contribution in [0.3, 0.4) is 0 Å². The van der Waals surface area contributed by atoms with Crippen molar-refractivity contribution >= 4 is 30.4 Å². The third-order valence-electron chi connectivity index (χ3n) is 5.22. The second-order valence-electron chi connectivity index (χ2n) is 7.19. The van der Waals surface area contributed by atoms with E-state index >= 15 is 0 Å². The first-order chi connectivity index (χ1) is 14.7. The first kappa shape index (κ1) is 20.9. The summed E-state index contributed by atoms with van der Waals surface area (Å²) in [6.07, 6.45) is 0. The first-order valence-corrected chi connectivity index (χ1v) is 12.3. The van der Waals surface area contributed by atoms with Gasteiger partial charge < -0.3 is 0 Å². The second kappa shape index (κ2) is 10.1. The van der Waals surface area contributed by atoms with Gasteiger partial charge in [-0.1, -0.05) is 109 Å². The Hall–Kier alpha value is -2.38. The van der Waals surface area contributed by atoms with Crippen molar-refractivity contribution in [3.63, 3.8) is 0 Å². The number of hydrogen-bond donors (Lipinski definition) is 0. The summed E-state index contributed by atoms with van der Waals surface area (Å²) in [5.41, 5.74) is 1.37. The lowest BCUT2D eigenvalue weighted by molar-refractivity contribution is 0.438. The molecule has 0 saturated carbocycles. The van der Waals surface area contributed by atoms with Crippen LogP contribution >= 0.6 is 19.8 Å². The Morgan fingerprint density at radius 2 is 1.10 bits per heavy atom. The van der Waals surface area contributed by atoms with Gasteiger partial charge in [0.2, 0.25) is 0 Å². The van der Waals surface area contributed by atoms with Gasteiger partial charge in [0.1, 0.15) is 0 Å². The molecule has 0 N–H and O–H groups in total. The number of hydrogen-bond acceptors (Lipinski definition) is 2. The average Bonchev–Trinajstić information content (AvgIpc) is 2.81. The minimum absolute atomic E-state index is 0.281. The third kappa shape index (κ3) is 4.84. The number of benzene rings is 4. The second-order valence-corrected chi connectivity index (χ2v) is 10.6. The van der Waals surface area contributed by atoms with E-state index in [1.54, 1.807) is 0 Å². The molecule has 30 heavy (non-hydrogen) atoms. The number of rotatable bonds is 7. The van der Waals surface area contributed by atoms with E-state index in [2.05, 4.69) is 134 Å².